The van der Waals surface area contributed by atoms with E-state index in [1.807, 2.05) is 12.1 Å². The molecule has 1 fully saturated rings. The van der Waals surface area contributed by atoms with Crippen molar-refractivity contribution in [3.63, 3.8) is 0 Å². The number of aromatic nitrogens is 1. The van der Waals surface area contributed by atoms with Gasteiger partial charge in [-0.3, -0.25) is 15.1 Å². The zero-order valence-corrected chi connectivity index (χ0v) is 17.5. The van der Waals surface area contributed by atoms with Crippen LogP contribution in [0.15, 0.2) is 48.8 Å². The van der Waals surface area contributed by atoms with Crippen LogP contribution in [0.5, 0.6) is 0 Å². The zero-order chi connectivity index (χ0) is 20.5. The largest absolute Gasteiger partial charge is 0.368 e. The van der Waals surface area contributed by atoms with Crippen molar-refractivity contribution in [2.45, 2.75) is 51.0 Å². The lowest BCUT2D eigenvalue weighted by molar-refractivity contribution is -0.125. The van der Waals surface area contributed by atoms with E-state index in [0.717, 1.165) is 50.0 Å². The summed E-state index contributed by atoms with van der Waals surface area (Å²) in [5, 5.41) is 7.01. The summed E-state index contributed by atoms with van der Waals surface area (Å²) in [6.07, 6.45) is 9.43. The number of amides is 1. The third-order valence-corrected chi connectivity index (χ3v) is 6.25. The fraction of sp³-hybridized carbons (Fsp3) is 0.500. The summed E-state index contributed by atoms with van der Waals surface area (Å²) in [4.78, 5) is 16.9. The third kappa shape index (κ3) is 5.64. The number of aryl methyl sites for hydroxylation is 2. The molecule has 0 aliphatic carbocycles. The Labute approximate surface area is 174 Å². The first kappa shape index (κ1) is 21.5. The highest BCUT2D eigenvalue weighted by Crippen LogP contribution is 2.28. The maximum Gasteiger partial charge on any atom is 0.242 e. The fourth-order valence-electron chi connectivity index (χ4n) is 4.25. The van der Waals surface area contributed by atoms with E-state index >= 15 is 0 Å². The SMILES string of the molecule is CCc1ccc(C(CCc2ccncc2)(NCCC2CCNCC2)C(N)=O)cc1. The number of primary amides is 1. The van der Waals surface area contributed by atoms with Crippen molar-refractivity contribution in [2.75, 3.05) is 19.6 Å². The molecule has 1 atom stereocenters. The number of carbonyl (C=O) groups is 1. The first-order valence-electron chi connectivity index (χ1n) is 10.9. The molecule has 0 saturated carbocycles. The van der Waals surface area contributed by atoms with Gasteiger partial charge < -0.3 is 11.1 Å². The summed E-state index contributed by atoms with van der Waals surface area (Å²) in [5.74, 6) is 0.401. The molecule has 5 nitrogen and oxygen atoms in total. The van der Waals surface area contributed by atoms with Gasteiger partial charge in [0, 0.05) is 12.4 Å². The molecule has 2 heterocycles. The molecular formula is C24H34N4O. The van der Waals surface area contributed by atoms with Gasteiger partial charge in [0.05, 0.1) is 0 Å². The molecule has 1 saturated heterocycles. The third-order valence-electron chi connectivity index (χ3n) is 6.25. The average molecular weight is 395 g/mol. The minimum Gasteiger partial charge on any atom is -0.368 e. The van der Waals surface area contributed by atoms with Gasteiger partial charge in [-0.15, -0.1) is 0 Å². The molecule has 0 bridgehead atoms. The number of pyridine rings is 1. The first-order valence-corrected chi connectivity index (χ1v) is 10.9. The van der Waals surface area contributed by atoms with Crippen molar-refractivity contribution in [3.8, 4) is 0 Å². The quantitative estimate of drug-likeness (QED) is 0.579. The molecule has 1 aliphatic heterocycles. The molecule has 0 radical (unpaired) electrons. The van der Waals surface area contributed by atoms with E-state index in [0.29, 0.717) is 12.3 Å². The monoisotopic (exact) mass is 394 g/mol. The van der Waals surface area contributed by atoms with E-state index in [9.17, 15) is 4.79 Å². The maximum atomic E-state index is 12.8. The van der Waals surface area contributed by atoms with Crippen LogP contribution in [0, 0.1) is 5.92 Å². The van der Waals surface area contributed by atoms with E-state index in [4.69, 9.17) is 5.73 Å². The van der Waals surface area contributed by atoms with E-state index in [1.54, 1.807) is 12.4 Å². The summed E-state index contributed by atoms with van der Waals surface area (Å²) >= 11 is 0. The molecule has 5 heteroatoms. The van der Waals surface area contributed by atoms with Crippen molar-refractivity contribution in [1.82, 2.24) is 15.6 Å². The summed E-state index contributed by atoms with van der Waals surface area (Å²) in [5.41, 5.74) is 8.56. The van der Waals surface area contributed by atoms with Gasteiger partial charge >= 0.3 is 0 Å². The molecule has 1 aromatic carbocycles. The highest BCUT2D eigenvalue weighted by Gasteiger charge is 2.37. The van der Waals surface area contributed by atoms with Crippen molar-refractivity contribution < 1.29 is 4.79 Å². The van der Waals surface area contributed by atoms with Gasteiger partial charge in [-0.1, -0.05) is 31.2 Å². The van der Waals surface area contributed by atoms with Crippen LogP contribution in [0.4, 0.5) is 0 Å². The first-order chi connectivity index (χ1) is 14.1. The Balaban J connectivity index is 1.78. The van der Waals surface area contributed by atoms with Gasteiger partial charge in [0.2, 0.25) is 5.91 Å². The molecule has 0 spiro atoms. The van der Waals surface area contributed by atoms with Gasteiger partial charge in [0.1, 0.15) is 5.54 Å². The minimum absolute atomic E-state index is 0.305. The van der Waals surface area contributed by atoms with Crippen LogP contribution in [0.2, 0.25) is 0 Å². The molecule has 1 unspecified atom stereocenters. The maximum absolute atomic E-state index is 12.8. The Morgan fingerprint density at radius 2 is 1.83 bits per heavy atom. The summed E-state index contributed by atoms with van der Waals surface area (Å²) in [6.45, 7) is 5.11. The Morgan fingerprint density at radius 3 is 2.45 bits per heavy atom. The van der Waals surface area contributed by atoms with Gasteiger partial charge in [0.15, 0.2) is 0 Å². The van der Waals surface area contributed by atoms with Crippen LogP contribution in [0.25, 0.3) is 0 Å². The highest BCUT2D eigenvalue weighted by molar-refractivity contribution is 5.86. The zero-order valence-electron chi connectivity index (χ0n) is 17.5. The van der Waals surface area contributed by atoms with E-state index in [2.05, 4.69) is 46.8 Å². The van der Waals surface area contributed by atoms with Crippen LogP contribution in [0.1, 0.15) is 49.3 Å². The smallest absolute Gasteiger partial charge is 0.242 e. The van der Waals surface area contributed by atoms with Crippen LogP contribution in [-0.2, 0) is 23.2 Å². The highest BCUT2D eigenvalue weighted by atomic mass is 16.1. The van der Waals surface area contributed by atoms with Crippen molar-refractivity contribution in [2.24, 2.45) is 11.7 Å². The Morgan fingerprint density at radius 1 is 1.14 bits per heavy atom. The Hall–Kier alpha value is -2.24. The lowest BCUT2D eigenvalue weighted by Gasteiger charge is -2.34. The second kappa shape index (κ2) is 10.5. The number of piperidine rings is 1. The van der Waals surface area contributed by atoms with E-state index in [-0.39, 0.29) is 5.91 Å². The molecule has 1 aromatic heterocycles. The molecule has 4 N–H and O–H groups in total. The number of hydrogen-bond donors (Lipinski definition) is 3. The molecule has 1 amide bonds. The number of nitrogens with zero attached hydrogens (tertiary/aromatic N) is 1. The molecule has 3 rings (SSSR count). The van der Waals surface area contributed by atoms with Crippen LogP contribution in [-0.4, -0.2) is 30.5 Å². The molecule has 1 aliphatic rings. The van der Waals surface area contributed by atoms with Gasteiger partial charge in [-0.25, -0.2) is 0 Å². The predicted octanol–water partition coefficient (Wildman–Crippen LogP) is 2.94. The lowest BCUT2D eigenvalue weighted by Crippen LogP contribution is -2.53. The summed E-state index contributed by atoms with van der Waals surface area (Å²) in [6, 6.07) is 12.3. The predicted molar refractivity (Wildman–Crippen MR) is 117 cm³/mol. The molecule has 2 aromatic rings. The number of hydrogen-bond acceptors (Lipinski definition) is 4. The fourth-order valence-corrected chi connectivity index (χ4v) is 4.25. The number of nitrogens with two attached hydrogens (primary N) is 1. The lowest BCUT2D eigenvalue weighted by atomic mass is 9.82. The minimum atomic E-state index is -0.859. The van der Waals surface area contributed by atoms with Crippen LogP contribution < -0.4 is 16.4 Å². The molecule has 29 heavy (non-hydrogen) atoms. The van der Waals surface area contributed by atoms with Crippen molar-refractivity contribution >= 4 is 5.91 Å². The summed E-state index contributed by atoms with van der Waals surface area (Å²) in [7, 11) is 0. The second-order valence-corrected chi connectivity index (χ2v) is 8.08. The van der Waals surface area contributed by atoms with Crippen molar-refractivity contribution in [1.29, 1.82) is 0 Å². The van der Waals surface area contributed by atoms with E-state index < -0.39 is 5.54 Å². The van der Waals surface area contributed by atoms with Gasteiger partial charge in [-0.2, -0.15) is 0 Å². The van der Waals surface area contributed by atoms with Gasteiger partial charge in [0.25, 0.3) is 0 Å². The Kier molecular flexibility index (Phi) is 7.78. The number of carbonyl (C=O) groups excluding carboxylic acids is 1. The Bertz CT molecular complexity index is 756. The summed E-state index contributed by atoms with van der Waals surface area (Å²) < 4.78 is 0. The number of benzene rings is 1. The number of nitrogens with one attached hydrogen (secondary N) is 2. The number of rotatable bonds is 10. The topological polar surface area (TPSA) is 80.0 Å². The van der Waals surface area contributed by atoms with Crippen molar-refractivity contribution in [3.05, 3.63) is 65.5 Å². The molecular weight excluding hydrogens is 360 g/mol. The standard InChI is InChI=1S/C24H34N4O/c1-2-19-3-5-22(6-4-19)24(23(25)29,13-7-20-8-14-26-15-9-20)28-18-12-21-10-16-27-17-11-21/h3-6,8-9,14-15,21,27-28H,2,7,10-13,16-18H2,1H3,(H2,25,29). The molecule has 156 valence electrons. The average Bonchev–Trinajstić information content (AvgIpc) is 2.77. The van der Waals surface area contributed by atoms with Crippen LogP contribution in [0.3, 0.4) is 0 Å². The second-order valence-electron chi connectivity index (χ2n) is 8.08. The van der Waals surface area contributed by atoms with E-state index in [1.165, 1.54) is 18.4 Å². The van der Waals surface area contributed by atoms with Crippen LogP contribution >= 0.6 is 0 Å². The van der Waals surface area contributed by atoms with Gasteiger partial charge in [-0.05, 0) is 92.9 Å². The normalized spacial score (nSPS) is 17.0.